The van der Waals surface area contributed by atoms with Crippen LogP contribution in [0.25, 0.3) is 10.9 Å². The third-order valence-electron chi connectivity index (χ3n) is 6.32. The molecule has 206 valence electrons. The van der Waals surface area contributed by atoms with E-state index in [1.54, 1.807) is 55.7 Å². The number of ether oxygens (including phenoxy) is 1. The number of amides is 3. The van der Waals surface area contributed by atoms with Crippen molar-refractivity contribution in [2.45, 2.75) is 26.7 Å². The van der Waals surface area contributed by atoms with Crippen LogP contribution < -0.4 is 20.7 Å². The fraction of sp³-hybridized carbons (Fsp3) is 0.200. The van der Waals surface area contributed by atoms with Crippen LogP contribution in [0.1, 0.15) is 37.0 Å². The van der Waals surface area contributed by atoms with Gasteiger partial charge < -0.3 is 20.7 Å². The van der Waals surface area contributed by atoms with Crippen molar-refractivity contribution in [1.29, 1.82) is 0 Å². The minimum atomic E-state index is -1.16. The molecule has 10 heteroatoms. The van der Waals surface area contributed by atoms with Crippen molar-refractivity contribution in [1.82, 2.24) is 10.3 Å². The van der Waals surface area contributed by atoms with Crippen LogP contribution in [0.3, 0.4) is 0 Å². The van der Waals surface area contributed by atoms with Crippen molar-refractivity contribution >= 4 is 55.9 Å². The number of nitrogens with zero attached hydrogens (tertiary/aromatic N) is 1. The SMILES string of the molecule is CC.CNC(=O)c1cc2c(Oc3ccc(NC(=O)C4(C(=O)Nc5ccc(F)cc5)CC4)cc3)ccnc2cc1Br. The van der Waals surface area contributed by atoms with Crippen molar-refractivity contribution in [3.8, 4) is 11.5 Å². The first-order valence-electron chi connectivity index (χ1n) is 12.8. The Balaban J connectivity index is 0.00000181. The Hall–Kier alpha value is -4.31. The Morgan fingerprint density at radius 1 is 0.900 bits per heavy atom. The Kier molecular flexibility index (Phi) is 8.79. The maximum atomic E-state index is 13.1. The molecule has 1 aliphatic carbocycles. The Labute approximate surface area is 239 Å². The number of anilines is 2. The van der Waals surface area contributed by atoms with Gasteiger partial charge in [-0.05, 0) is 95.5 Å². The van der Waals surface area contributed by atoms with E-state index in [4.69, 9.17) is 4.74 Å². The zero-order valence-corrected chi connectivity index (χ0v) is 23.8. The van der Waals surface area contributed by atoms with Gasteiger partial charge in [-0.25, -0.2) is 4.39 Å². The molecule has 0 saturated heterocycles. The number of benzene rings is 3. The molecule has 1 aliphatic rings. The second-order valence-electron chi connectivity index (χ2n) is 8.86. The van der Waals surface area contributed by atoms with Crippen LogP contribution in [0, 0.1) is 11.2 Å². The monoisotopic (exact) mass is 606 g/mol. The molecule has 5 rings (SSSR count). The van der Waals surface area contributed by atoms with Crippen LogP contribution in [0.15, 0.2) is 77.4 Å². The van der Waals surface area contributed by atoms with Gasteiger partial charge in [0.05, 0.1) is 11.1 Å². The smallest absolute Gasteiger partial charge is 0.252 e. The van der Waals surface area contributed by atoms with Crippen molar-refractivity contribution in [3.63, 3.8) is 0 Å². The molecular formula is C30H28BrFN4O4. The molecule has 0 atom stereocenters. The van der Waals surface area contributed by atoms with E-state index in [2.05, 4.69) is 36.9 Å². The zero-order valence-electron chi connectivity index (χ0n) is 22.2. The molecule has 0 unspecified atom stereocenters. The molecule has 0 aliphatic heterocycles. The highest BCUT2D eigenvalue weighted by Gasteiger charge is 2.56. The number of aromatic nitrogens is 1. The molecule has 3 amide bonds. The average Bonchev–Trinajstić information content (AvgIpc) is 3.78. The van der Waals surface area contributed by atoms with Crippen LogP contribution in [-0.4, -0.2) is 29.8 Å². The van der Waals surface area contributed by atoms with Crippen molar-refractivity contribution in [3.05, 3.63) is 88.8 Å². The topological polar surface area (TPSA) is 109 Å². The molecule has 8 nitrogen and oxygen atoms in total. The standard InChI is InChI=1S/C28H22BrFN4O4.C2H6/c1-31-25(35)20-14-21-23(15-22(20)29)32-13-10-24(21)38-19-8-6-18(7-9-19)34-27(37)28(11-12-28)26(36)33-17-4-2-16(30)3-5-17;1-2/h2-10,13-15H,11-12H2,1H3,(H,31,35)(H,33,36)(H,34,37);1-2H3. The third kappa shape index (κ3) is 6.12. The van der Waals surface area contributed by atoms with Crippen molar-refractivity contribution < 1.29 is 23.5 Å². The summed E-state index contributed by atoms with van der Waals surface area (Å²) in [6.07, 6.45) is 2.47. The number of pyridine rings is 1. The van der Waals surface area contributed by atoms with Crippen molar-refractivity contribution in [2.75, 3.05) is 17.7 Å². The normalized spacial score (nSPS) is 12.9. The van der Waals surface area contributed by atoms with E-state index in [1.165, 1.54) is 24.3 Å². The number of rotatable bonds is 7. The van der Waals surface area contributed by atoms with E-state index < -0.39 is 23.0 Å². The summed E-state index contributed by atoms with van der Waals surface area (Å²) in [5, 5.41) is 8.76. The van der Waals surface area contributed by atoms with Gasteiger partial charge in [0.1, 0.15) is 22.7 Å². The van der Waals surface area contributed by atoms with Crippen molar-refractivity contribution in [2.24, 2.45) is 5.41 Å². The molecule has 1 fully saturated rings. The highest BCUT2D eigenvalue weighted by Crippen LogP contribution is 2.47. The highest BCUT2D eigenvalue weighted by molar-refractivity contribution is 9.10. The minimum Gasteiger partial charge on any atom is -0.457 e. The lowest BCUT2D eigenvalue weighted by Gasteiger charge is -2.16. The molecule has 0 radical (unpaired) electrons. The number of fused-ring (bicyclic) bond motifs is 1. The second-order valence-corrected chi connectivity index (χ2v) is 9.72. The quantitative estimate of drug-likeness (QED) is 0.203. The number of hydrogen-bond acceptors (Lipinski definition) is 5. The van der Waals surface area contributed by atoms with Crippen LogP contribution >= 0.6 is 15.9 Å². The highest BCUT2D eigenvalue weighted by atomic mass is 79.9. The summed E-state index contributed by atoms with van der Waals surface area (Å²) in [6, 6.07) is 17.3. The number of halogens is 2. The van der Waals surface area contributed by atoms with Gasteiger partial charge in [-0.3, -0.25) is 19.4 Å². The zero-order chi connectivity index (χ0) is 28.9. The molecule has 40 heavy (non-hydrogen) atoms. The molecule has 1 aromatic heterocycles. The van der Waals surface area contributed by atoms with Crippen LogP contribution in [-0.2, 0) is 9.59 Å². The van der Waals surface area contributed by atoms with Gasteiger partial charge in [0, 0.05) is 34.5 Å². The lowest BCUT2D eigenvalue weighted by molar-refractivity contribution is -0.131. The largest absolute Gasteiger partial charge is 0.457 e. The molecule has 3 N–H and O–H groups in total. The van der Waals surface area contributed by atoms with E-state index in [0.29, 0.717) is 56.7 Å². The molecular weight excluding hydrogens is 579 g/mol. The molecule has 3 aromatic carbocycles. The first-order chi connectivity index (χ1) is 19.3. The first-order valence-corrected chi connectivity index (χ1v) is 13.5. The van der Waals surface area contributed by atoms with E-state index in [9.17, 15) is 18.8 Å². The van der Waals surface area contributed by atoms with E-state index in [0.717, 1.165) is 0 Å². The summed E-state index contributed by atoms with van der Waals surface area (Å²) in [7, 11) is 1.56. The summed E-state index contributed by atoms with van der Waals surface area (Å²) in [6.45, 7) is 4.00. The number of carbonyl (C=O) groups excluding carboxylic acids is 3. The molecule has 0 bridgehead atoms. The van der Waals surface area contributed by atoms with Gasteiger partial charge in [0.2, 0.25) is 11.8 Å². The summed E-state index contributed by atoms with van der Waals surface area (Å²) in [5.74, 6) is -0.456. The lowest BCUT2D eigenvalue weighted by atomic mass is 10.0. The molecule has 1 heterocycles. The predicted molar refractivity (Wildman–Crippen MR) is 156 cm³/mol. The van der Waals surface area contributed by atoms with Gasteiger partial charge in [-0.2, -0.15) is 0 Å². The fourth-order valence-electron chi connectivity index (χ4n) is 3.99. The number of hydrogen-bond donors (Lipinski definition) is 3. The lowest BCUT2D eigenvalue weighted by Crippen LogP contribution is -2.35. The van der Waals surface area contributed by atoms with Gasteiger partial charge in [-0.15, -0.1) is 0 Å². The number of nitrogens with one attached hydrogen (secondary N) is 3. The van der Waals surface area contributed by atoms with Crippen LogP contribution in [0.2, 0.25) is 0 Å². The summed E-state index contributed by atoms with van der Waals surface area (Å²) in [5.41, 5.74) is 0.882. The van der Waals surface area contributed by atoms with E-state index >= 15 is 0 Å². The first kappa shape index (κ1) is 28.7. The van der Waals surface area contributed by atoms with E-state index in [-0.39, 0.29) is 5.91 Å². The van der Waals surface area contributed by atoms with Crippen LogP contribution in [0.4, 0.5) is 15.8 Å². The fourth-order valence-corrected chi connectivity index (χ4v) is 4.50. The molecule has 4 aromatic rings. The maximum absolute atomic E-state index is 13.1. The summed E-state index contributed by atoms with van der Waals surface area (Å²) in [4.78, 5) is 42.3. The molecule has 0 spiro atoms. The predicted octanol–water partition coefficient (Wildman–Crippen LogP) is 6.67. The Morgan fingerprint density at radius 3 is 2.02 bits per heavy atom. The third-order valence-corrected chi connectivity index (χ3v) is 6.98. The molecule has 1 saturated carbocycles. The minimum absolute atomic E-state index is 0.242. The van der Waals surface area contributed by atoms with Gasteiger partial charge in [-0.1, -0.05) is 13.8 Å². The average molecular weight is 607 g/mol. The summed E-state index contributed by atoms with van der Waals surface area (Å²) >= 11 is 3.41. The van der Waals surface area contributed by atoms with Gasteiger partial charge in [0.15, 0.2) is 0 Å². The number of carbonyl (C=O) groups is 3. The Bertz CT molecular complexity index is 1560. The Morgan fingerprint density at radius 2 is 1.48 bits per heavy atom. The second kappa shape index (κ2) is 12.3. The summed E-state index contributed by atoms with van der Waals surface area (Å²) < 4.78 is 19.8. The van der Waals surface area contributed by atoms with Gasteiger partial charge in [0.25, 0.3) is 5.91 Å². The van der Waals surface area contributed by atoms with E-state index in [1.807, 2.05) is 13.8 Å². The van der Waals surface area contributed by atoms with Gasteiger partial charge >= 0.3 is 0 Å². The maximum Gasteiger partial charge on any atom is 0.252 e. The van der Waals surface area contributed by atoms with Crippen LogP contribution in [0.5, 0.6) is 11.5 Å².